The fraction of sp³-hybridized carbons (Fsp3) is 0.357. The molecule has 75 heavy (non-hydrogen) atoms. The topological polar surface area (TPSA) is 201 Å². The molecule has 0 bridgehead atoms. The monoisotopic (exact) mass is 1030 g/mol. The Hall–Kier alpha value is -8.01. The van der Waals surface area contributed by atoms with E-state index in [0.717, 1.165) is 81.5 Å². The van der Waals surface area contributed by atoms with E-state index in [1.165, 1.54) is 4.90 Å². The normalized spacial score (nSPS) is 19.7. The molecular formula is C56H57ClN12O6. The van der Waals surface area contributed by atoms with Gasteiger partial charge in [-0.2, -0.15) is 15.2 Å². The number of nitriles is 1. The minimum absolute atomic E-state index is 0.120. The SMILES string of the molecule is C=C(Cn1ccc2ccc(NC(=O)NCc3ccc4c(c3)CN(C3CCC(=O)NC3=O)C4=O)cc21)C(=O)N1CCN(c2nc(OC[C@@H]3CCCN3C)nc3c2CCN(c2cccc4cccc(Cl)c24)C3)C[C@@H]1CC#N. The maximum absolute atomic E-state index is 14.4. The van der Waals surface area contributed by atoms with Crippen molar-refractivity contribution in [1.29, 1.82) is 5.26 Å². The number of carbonyl (C=O) groups excluding carboxylic acids is 5. The molecule has 0 aliphatic carbocycles. The number of hydrogen-bond acceptors (Lipinski definition) is 12. The predicted octanol–water partition coefficient (Wildman–Crippen LogP) is 6.54. The summed E-state index contributed by atoms with van der Waals surface area (Å²) in [6.45, 7) is 8.85. The molecule has 7 heterocycles. The van der Waals surface area contributed by atoms with Gasteiger partial charge in [0.05, 0.1) is 47.9 Å². The number of imide groups is 1. The number of nitrogens with zero attached hydrogens (tertiary/aromatic N) is 9. The highest BCUT2D eigenvalue weighted by molar-refractivity contribution is 6.36. The third-order valence-electron chi connectivity index (χ3n) is 15.4. The van der Waals surface area contributed by atoms with Crippen LogP contribution in [-0.2, 0) is 47.0 Å². The molecule has 0 spiro atoms. The Balaban J connectivity index is 0.747. The van der Waals surface area contributed by atoms with E-state index >= 15 is 0 Å². The number of halogens is 1. The zero-order valence-electron chi connectivity index (χ0n) is 41.7. The molecule has 4 aromatic carbocycles. The van der Waals surface area contributed by atoms with E-state index < -0.39 is 24.0 Å². The second-order valence-electron chi connectivity index (χ2n) is 20.1. The maximum atomic E-state index is 14.4. The Morgan fingerprint density at radius 1 is 0.920 bits per heavy atom. The molecule has 19 heteroatoms. The number of likely N-dealkylation sites (N-methyl/N-ethyl adjacent to an activating group) is 1. The highest BCUT2D eigenvalue weighted by Crippen LogP contribution is 2.38. The van der Waals surface area contributed by atoms with Crippen molar-refractivity contribution in [3.8, 4) is 12.1 Å². The highest BCUT2D eigenvalue weighted by Gasteiger charge is 2.40. The summed E-state index contributed by atoms with van der Waals surface area (Å²) in [6.07, 6.45) is 5.30. The lowest BCUT2D eigenvalue weighted by Gasteiger charge is -2.42. The minimum atomic E-state index is -0.709. The van der Waals surface area contributed by atoms with Gasteiger partial charge in [0.2, 0.25) is 11.8 Å². The number of fused-ring (bicyclic) bond motifs is 4. The molecule has 6 aromatic rings. The molecule has 0 radical (unpaired) electrons. The number of amides is 6. The van der Waals surface area contributed by atoms with Gasteiger partial charge in [-0.05, 0) is 97.6 Å². The first kappa shape index (κ1) is 49.2. The zero-order valence-corrected chi connectivity index (χ0v) is 42.4. The van der Waals surface area contributed by atoms with Crippen LogP contribution in [0.5, 0.6) is 6.01 Å². The number of rotatable bonds is 13. The van der Waals surface area contributed by atoms with Crippen molar-refractivity contribution in [3.63, 3.8) is 0 Å². The largest absolute Gasteiger partial charge is 0.462 e. The van der Waals surface area contributed by atoms with Crippen molar-refractivity contribution in [2.24, 2.45) is 0 Å². The van der Waals surface area contributed by atoms with Gasteiger partial charge < -0.3 is 44.4 Å². The van der Waals surface area contributed by atoms with Crippen LogP contribution in [0.25, 0.3) is 21.7 Å². The third-order valence-corrected chi connectivity index (χ3v) is 15.7. The molecule has 11 rings (SSSR count). The fourth-order valence-electron chi connectivity index (χ4n) is 11.4. The number of carbonyl (C=O) groups is 5. The Kier molecular flexibility index (Phi) is 13.6. The Morgan fingerprint density at radius 3 is 2.59 bits per heavy atom. The summed E-state index contributed by atoms with van der Waals surface area (Å²) >= 11 is 6.81. The molecule has 3 N–H and O–H groups in total. The van der Waals surface area contributed by atoms with Crippen LogP contribution in [0.4, 0.5) is 22.0 Å². The van der Waals surface area contributed by atoms with Crippen LogP contribution in [0.1, 0.15) is 64.8 Å². The molecular weight excluding hydrogens is 972 g/mol. The van der Waals surface area contributed by atoms with E-state index in [1.807, 2.05) is 47.2 Å². The summed E-state index contributed by atoms with van der Waals surface area (Å²) in [5, 5.41) is 21.9. The van der Waals surface area contributed by atoms with E-state index in [1.54, 1.807) is 23.1 Å². The quantitative estimate of drug-likeness (QED) is 0.0835. The first-order valence-electron chi connectivity index (χ1n) is 25.5. The fourth-order valence-corrected chi connectivity index (χ4v) is 11.7. The van der Waals surface area contributed by atoms with Gasteiger partial charge in [0, 0.05) is 91.4 Å². The van der Waals surface area contributed by atoms with Gasteiger partial charge in [0.1, 0.15) is 18.5 Å². The number of aromatic nitrogens is 3. The van der Waals surface area contributed by atoms with Crippen molar-refractivity contribution >= 4 is 80.1 Å². The number of urea groups is 1. The number of anilines is 3. The Bertz CT molecular complexity index is 3350. The van der Waals surface area contributed by atoms with Crippen LogP contribution < -0.4 is 30.5 Å². The summed E-state index contributed by atoms with van der Waals surface area (Å²) in [7, 11) is 2.12. The van der Waals surface area contributed by atoms with E-state index in [0.29, 0.717) is 67.1 Å². The van der Waals surface area contributed by atoms with Gasteiger partial charge in [0.15, 0.2) is 0 Å². The van der Waals surface area contributed by atoms with E-state index in [4.69, 9.17) is 26.3 Å². The van der Waals surface area contributed by atoms with Crippen molar-refractivity contribution in [3.05, 3.63) is 130 Å². The number of likely N-dealkylation sites (tertiary alicyclic amines) is 1. The molecule has 0 saturated carbocycles. The van der Waals surface area contributed by atoms with Crippen molar-refractivity contribution in [2.45, 2.75) is 82.8 Å². The number of piperidine rings is 1. The highest BCUT2D eigenvalue weighted by atomic mass is 35.5. The number of nitrogens with one attached hydrogen (secondary N) is 3. The molecule has 3 atom stereocenters. The first-order chi connectivity index (χ1) is 36.4. The van der Waals surface area contributed by atoms with Crippen LogP contribution in [0.15, 0.2) is 97.2 Å². The maximum Gasteiger partial charge on any atom is 0.319 e. The van der Waals surface area contributed by atoms with Crippen LogP contribution >= 0.6 is 11.6 Å². The molecule has 1 unspecified atom stereocenters. The number of piperazine rings is 1. The summed E-state index contributed by atoms with van der Waals surface area (Å²) < 4.78 is 8.34. The molecule has 3 saturated heterocycles. The van der Waals surface area contributed by atoms with Gasteiger partial charge in [-0.3, -0.25) is 24.5 Å². The minimum Gasteiger partial charge on any atom is -0.462 e. The summed E-state index contributed by atoms with van der Waals surface area (Å²) in [6, 6.07) is 26.3. The lowest BCUT2D eigenvalue weighted by molar-refractivity contribution is -0.137. The molecule has 5 aliphatic heterocycles. The zero-order chi connectivity index (χ0) is 51.9. The average Bonchev–Trinajstić information content (AvgIpc) is 4.12. The van der Waals surface area contributed by atoms with Gasteiger partial charge in [-0.25, -0.2) is 4.79 Å². The van der Waals surface area contributed by atoms with Crippen LogP contribution in [0, 0.1) is 11.3 Å². The molecule has 6 amide bonds. The van der Waals surface area contributed by atoms with Gasteiger partial charge >= 0.3 is 12.0 Å². The van der Waals surface area contributed by atoms with Crippen molar-refractivity contribution < 1.29 is 28.7 Å². The van der Waals surface area contributed by atoms with Gasteiger partial charge in [0.25, 0.3) is 11.8 Å². The molecule has 384 valence electrons. The van der Waals surface area contributed by atoms with Gasteiger partial charge in [-0.1, -0.05) is 60.6 Å². The van der Waals surface area contributed by atoms with Crippen LogP contribution in [-0.4, -0.2) is 123 Å². The van der Waals surface area contributed by atoms with Gasteiger partial charge in [-0.15, -0.1) is 0 Å². The third kappa shape index (κ3) is 9.93. The summed E-state index contributed by atoms with van der Waals surface area (Å²) in [4.78, 5) is 85.1. The number of ether oxygens (including phenoxy) is 1. The molecule has 2 aromatic heterocycles. The standard InChI is InChI=1S/C56H57ClN12O6/c1-34(29-65-22-18-36-12-13-39(27-48(36)65)60-55(74)59-28-35-11-14-42-38(26-35)30-69(54(42)73)47-15-16-49(70)62-52(47)71)53(72)68-25-24-67(31-40(68)17-20-58)51-43-19-23-66(46-10-4-7-37-6-3-9-44(57)50(37)46)32-45(43)61-56(63-51)75-33-41-8-5-21-64(41)2/h3-4,6-7,9-14,18,22,26-27,40-41,47H,1,5,8,15-17,19,21,23-25,28-33H2,2H3,(H2,59,60,74)(H,62,70,71)/t40-,41-,47?/m0/s1. The summed E-state index contributed by atoms with van der Waals surface area (Å²) in [5.74, 6) is -0.526. The van der Waals surface area contributed by atoms with E-state index in [-0.39, 0.29) is 62.7 Å². The summed E-state index contributed by atoms with van der Waals surface area (Å²) in [5.41, 5.74) is 6.67. The average molecular weight is 1030 g/mol. The lowest BCUT2D eigenvalue weighted by atomic mass is 10.0. The number of hydrogen-bond donors (Lipinski definition) is 3. The Labute approximate surface area is 438 Å². The van der Waals surface area contributed by atoms with Crippen LogP contribution in [0.2, 0.25) is 5.02 Å². The second-order valence-corrected chi connectivity index (χ2v) is 20.5. The second kappa shape index (κ2) is 20.7. The number of benzene rings is 4. The van der Waals surface area contributed by atoms with Crippen LogP contribution in [0.3, 0.4) is 0 Å². The molecule has 3 fully saturated rings. The predicted molar refractivity (Wildman–Crippen MR) is 284 cm³/mol. The van der Waals surface area contributed by atoms with E-state index in [9.17, 15) is 29.2 Å². The smallest absolute Gasteiger partial charge is 0.319 e. The lowest BCUT2D eigenvalue weighted by Crippen LogP contribution is -2.56. The molecule has 18 nitrogen and oxygen atoms in total. The molecule has 5 aliphatic rings. The van der Waals surface area contributed by atoms with Crippen molar-refractivity contribution in [2.75, 3.05) is 61.5 Å². The van der Waals surface area contributed by atoms with Crippen molar-refractivity contribution in [1.82, 2.24) is 39.9 Å². The first-order valence-corrected chi connectivity index (χ1v) is 25.9. The van der Waals surface area contributed by atoms with E-state index in [2.05, 4.69) is 74.6 Å². The Morgan fingerprint density at radius 2 is 1.77 bits per heavy atom.